The molecule has 0 spiro atoms. The van der Waals surface area contributed by atoms with Crippen LogP contribution in [0.15, 0.2) is 46.0 Å². The van der Waals surface area contributed by atoms with Crippen LogP contribution in [0.1, 0.15) is 11.1 Å². The lowest BCUT2D eigenvalue weighted by molar-refractivity contribution is 0.575. The molecule has 6 heteroatoms. The van der Waals surface area contributed by atoms with E-state index in [-0.39, 0.29) is 12.1 Å². The summed E-state index contributed by atoms with van der Waals surface area (Å²) < 4.78 is 27.4. The average molecular weight is 302 g/mol. The van der Waals surface area contributed by atoms with E-state index < -0.39 is 22.9 Å². The normalized spacial score (nSPS) is 11.0. The molecular weight excluding hydrogens is 290 g/mol. The second-order valence-electron chi connectivity index (χ2n) is 5.15. The molecule has 0 unspecified atom stereocenters. The molecule has 4 nitrogen and oxygen atoms in total. The lowest BCUT2D eigenvalue weighted by Crippen LogP contribution is -2.35. The Bertz CT molecular complexity index is 969. The van der Waals surface area contributed by atoms with Crippen molar-refractivity contribution in [2.75, 3.05) is 0 Å². The molecule has 0 atom stereocenters. The molecule has 3 aromatic rings. The predicted octanol–water partition coefficient (Wildman–Crippen LogP) is 2.32. The Morgan fingerprint density at radius 1 is 1.05 bits per heavy atom. The Balaban J connectivity index is 2.18. The fourth-order valence-electron chi connectivity index (χ4n) is 2.39. The van der Waals surface area contributed by atoms with Gasteiger partial charge in [-0.1, -0.05) is 11.6 Å². The van der Waals surface area contributed by atoms with Gasteiger partial charge in [-0.2, -0.15) is 0 Å². The largest absolute Gasteiger partial charge is 0.329 e. The molecule has 0 bridgehead atoms. The summed E-state index contributed by atoms with van der Waals surface area (Å²) in [5.41, 5.74) is 0.400. The number of nitrogens with one attached hydrogen (secondary N) is 1. The fraction of sp³-hybridized carbons (Fsp3) is 0.125. The zero-order chi connectivity index (χ0) is 15.9. The van der Waals surface area contributed by atoms with Crippen molar-refractivity contribution in [1.82, 2.24) is 9.55 Å². The van der Waals surface area contributed by atoms with Gasteiger partial charge in [-0.05, 0) is 36.8 Å². The van der Waals surface area contributed by atoms with Gasteiger partial charge in [0.25, 0.3) is 5.56 Å². The van der Waals surface area contributed by atoms with Gasteiger partial charge in [0.15, 0.2) is 0 Å². The Kier molecular flexibility index (Phi) is 3.36. The number of aromatic amines is 1. The molecule has 1 N–H and O–H groups in total. The molecule has 0 radical (unpaired) electrons. The van der Waals surface area contributed by atoms with Crippen molar-refractivity contribution in [2.45, 2.75) is 13.5 Å². The predicted molar refractivity (Wildman–Crippen MR) is 79.0 cm³/mol. The lowest BCUT2D eigenvalue weighted by Gasteiger charge is -2.07. The number of nitrogens with zero attached hydrogens (tertiary/aromatic N) is 1. The zero-order valence-electron chi connectivity index (χ0n) is 11.7. The summed E-state index contributed by atoms with van der Waals surface area (Å²) in [5, 5.41) is 0.358. The summed E-state index contributed by atoms with van der Waals surface area (Å²) in [4.78, 5) is 27.1. The highest BCUT2D eigenvalue weighted by Gasteiger charge is 2.09. The number of fused-ring (bicyclic) bond motifs is 1. The van der Waals surface area contributed by atoms with E-state index in [2.05, 4.69) is 4.98 Å². The van der Waals surface area contributed by atoms with E-state index in [1.807, 2.05) is 6.92 Å². The van der Waals surface area contributed by atoms with Crippen molar-refractivity contribution in [3.05, 3.63) is 80.0 Å². The molecule has 1 aromatic heterocycles. The Morgan fingerprint density at radius 2 is 1.73 bits per heavy atom. The van der Waals surface area contributed by atoms with Crippen LogP contribution in [0, 0.1) is 18.6 Å². The average Bonchev–Trinajstić information content (AvgIpc) is 2.43. The van der Waals surface area contributed by atoms with E-state index in [1.54, 1.807) is 18.2 Å². The molecule has 0 amide bonds. The maximum absolute atomic E-state index is 13.2. The highest BCUT2D eigenvalue weighted by atomic mass is 19.1. The Labute approximate surface area is 123 Å². The number of halogens is 2. The molecule has 0 aliphatic heterocycles. The van der Waals surface area contributed by atoms with Crippen LogP contribution in [0.4, 0.5) is 8.78 Å². The summed E-state index contributed by atoms with van der Waals surface area (Å²) >= 11 is 0. The van der Waals surface area contributed by atoms with Gasteiger partial charge in [-0.15, -0.1) is 0 Å². The first-order valence-electron chi connectivity index (χ1n) is 6.62. The van der Waals surface area contributed by atoms with Gasteiger partial charge in [0.2, 0.25) is 0 Å². The number of hydrogen-bond acceptors (Lipinski definition) is 2. The highest BCUT2D eigenvalue weighted by Crippen LogP contribution is 2.10. The summed E-state index contributed by atoms with van der Waals surface area (Å²) in [6, 6.07) is 8.02. The van der Waals surface area contributed by atoms with Gasteiger partial charge in [-0.25, -0.2) is 13.6 Å². The summed E-state index contributed by atoms with van der Waals surface area (Å²) in [6.45, 7) is 1.63. The van der Waals surface area contributed by atoms with Crippen LogP contribution in [-0.2, 0) is 6.54 Å². The van der Waals surface area contributed by atoms with Gasteiger partial charge in [0.1, 0.15) is 11.6 Å². The van der Waals surface area contributed by atoms with Crippen LogP contribution in [0.25, 0.3) is 10.9 Å². The molecule has 1 heterocycles. The Hall–Kier alpha value is -2.76. The smallest absolute Gasteiger partial charge is 0.307 e. The first-order valence-corrected chi connectivity index (χ1v) is 6.62. The maximum Gasteiger partial charge on any atom is 0.329 e. The maximum atomic E-state index is 13.2. The number of aromatic nitrogens is 2. The van der Waals surface area contributed by atoms with Crippen molar-refractivity contribution in [3.8, 4) is 0 Å². The van der Waals surface area contributed by atoms with Crippen molar-refractivity contribution in [3.63, 3.8) is 0 Å². The lowest BCUT2D eigenvalue weighted by atomic mass is 10.1. The third kappa shape index (κ3) is 2.55. The van der Waals surface area contributed by atoms with Gasteiger partial charge >= 0.3 is 5.69 Å². The molecule has 0 fully saturated rings. The van der Waals surface area contributed by atoms with Gasteiger partial charge in [0.05, 0.1) is 17.4 Å². The summed E-state index contributed by atoms with van der Waals surface area (Å²) in [7, 11) is 0. The quantitative estimate of drug-likeness (QED) is 0.790. The molecule has 0 aliphatic rings. The minimum absolute atomic E-state index is 0.202. The second-order valence-corrected chi connectivity index (χ2v) is 5.15. The van der Waals surface area contributed by atoms with Crippen LogP contribution in [-0.4, -0.2) is 9.55 Å². The third-order valence-electron chi connectivity index (χ3n) is 3.40. The van der Waals surface area contributed by atoms with Crippen LogP contribution in [0.5, 0.6) is 0 Å². The van der Waals surface area contributed by atoms with E-state index in [1.165, 1.54) is 0 Å². The number of hydrogen-bond donors (Lipinski definition) is 1. The minimum Gasteiger partial charge on any atom is -0.307 e. The van der Waals surface area contributed by atoms with Gasteiger partial charge in [-0.3, -0.25) is 9.36 Å². The number of aryl methyl sites for hydroxylation is 1. The molecule has 112 valence electrons. The van der Waals surface area contributed by atoms with Gasteiger partial charge < -0.3 is 4.98 Å². The Morgan fingerprint density at radius 3 is 2.41 bits per heavy atom. The van der Waals surface area contributed by atoms with Crippen molar-refractivity contribution >= 4 is 10.9 Å². The first-order chi connectivity index (χ1) is 10.4. The highest BCUT2D eigenvalue weighted by molar-refractivity contribution is 5.77. The van der Waals surface area contributed by atoms with Gasteiger partial charge in [0, 0.05) is 6.07 Å². The van der Waals surface area contributed by atoms with Crippen LogP contribution in [0.3, 0.4) is 0 Å². The van der Waals surface area contributed by atoms with Crippen molar-refractivity contribution in [2.24, 2.45) is 0 Å². The number of benzene rings is 2. The number of rotatable bonds is 2. The molecule has 0 saturated carbocycles. The fourth-order valence-corrected chi connectivity index (χ4v) is 2.39. The van der Waals surface area contributed by atoms with Crippen LogP contribution in [0.2, 0.25) is 0 Å². The van der Waals surface area contributed by atoms with E-state index in [0.717, 1.165) is 28.3 Å². The second kappa shape index (κ2) is 5.22. The molecule has 0 saturated heterocycles. The standard InChI is InChI=1S/C16H12F2N2O2/c1-9-2-3-14-13(4-9)15(21)20(16(22)19-14)8-10-5-11(17)7-12(18)6-10/h2-7H,8H2,1H3,(H,19,22). The molecule has 2 aromatic carbocycles. The molecule has 0 aliphatic carbocycles. The van der Waals surface area contributed by atoms with Crippen LogP contribution < -0.4 is 11.2 Å². The summed E-state index contributed by atoms with van der Waals surface area (Å²) in [6.07, 6.45) is 0. The van der Waals surface area contributed by atoms with Crippen molar-refractivity contribution in [1.29, 1.82) is 0 Å². The number of H-pyrrole nitrogens is 1. The van der Waals surface area contributed by atoms with Crippen molar-refractivity contribution < 1.29 is 8.78 Å². The minimum atomic E-state index is -0.754. The van der Waals surface area contributed by atoms with E-state index in [9.17, 15) is 18.4 Å². The van der Waals surface area contributed by atoms with Crippen LogP contribution >= 0.6 is 0 Å². The van der Waals surface area contributed by atoms with E-state index in [0.29, 0.717) is 10.9 Å². The zero-order valence-corrected chi connectivity index (χ0v) is 11.7. The molecular formula is C16H12F2N2O2. The van der Waals surface area contributed by atoms with E-state index in [4.69, 9.17) is 0 Å². The first kappa shape index (κ1) is 14.2. The monoisotopic (exact) mass is 302 g/mol. The SMILES string of the molecule is Cc1ccc2[nH]c(=O)n(Cc3cc(F)cc(F)c3)c(=O)c2c1. The van der Waals surface area contributed by atoms with E-state index >= 15 is 0 Å². The third-order valence-corrected chi connectivity index (χ3v) is 3.40. The molecule has 3 rings (SSSR count). The molecule has 22 heavy (non-hydrogen) atoms. The topological polar surface area (TPSA) is 54.9 Å². The summed E-state index contributed by atoms with van der Waals surface area (Å²) in [5.74, 6) is -1.51.